The maximum atomic E-state index is 13.1. The lowest BCUT2D eigenvalue weighted by Crippen LogP contribution is -2.49. The van der Waals surface area contributed by atoms with Crippen LogP contribution in [-0.4, -0.2) is 72.3 Å². The van der Waals surface area contributed by atoms with Crippen LogP contribution in [0.1, 0.15) is 81.8 Å². The molecule has 2 atom stereocenters. The van der Waals surface area contributed by atoms with Crippen molar-refractivity contribution in [3.05, 3.63) is 46.7 Å². The molecule has 2 saturated carbocycles. The number of carbonyl (C=O) groups excluding carboxylic acids is 2. The highest BCUT2D eigenvalue weighted by Crippen LogP contribution is 2.40. The molecule has 1 aromatic rings. The Bertz CT molecular complexity index is 1030. The quantitative estimate of drug-likeness (QED) is 0.634. The van der Waals surface area contributed by atoms with Gasteiger partial charge in [-0.3, -0.25) is 14.6 Å². The van der Waals surface area contributed by atoms with E-state index in [4.69, 9.17) is 10.5 Å². The smallest absolute Gasteiger partial charge is 0.270 e. The molecule has 4 fully saturated rings. The number of rotatable bonds is 5. The number of hydrogen-bond donors (Lipinski definition) is 1. The molecular formula is C29H40N4O3. The Morgan fingerprint density at radius 3 is 2.08 bits per heavy atom. The lowest BCUT2D eigenvalue weighted by molar-refractivity contribution is -0.139. The molecule has 2 N–H and O–H groups in total. The fourth-order valence-corrected chi connectivity index (χ4v) is 6.02. The molecule has 4 aliphatic rings. The molecule has 7 heteroatoms. The van der Waals surface area contributed by atoms with E-state index in [0.717, 1.165) is 62.4 Å². The number of nitrogens with zero attached hydrogens (tertiary/aromatic N) is 3. The number of likely N-dealkylation sites (tertiary alicyclic amines) is 1. The summed E-state index contributed by atoms with van der Waals surface area (Å²) in [5.74, 6) is 1.24. The number of aliphatic imine (C=N–C) groups is 1. The summed E-state index contributed by atoms with van der Waals surface area (Å²) < 4.78 is 5.75. The monoisotopic (exact) mass is 492 g/mol. The van der Waals surface area contributed by atoms with Crippen LogP contribution in [0.25, 0.3) is 0 Å². The average Bonchev–Trinajstić information content (AvgIpc) is 3.63. The van der Waals surface area contributed by atoms with E-state index in [1.165, 1.54) is 24.0 Å². The van der Waals surface area contributed by atoms with Gasteiger partial charge in [-0.05, 0) is 81.8 Å². The van der Waals surface area contributed by atoms with E-state index in [1.54, 1.807) is 4.90 Å². The highest BCUT2D eigenvalue weighted by atomic mass is 16.5. The molecule has 2 amide bonds. The Labute approximate surface area is 214 Å². The van der Waals surface area contributed by atoms with Crippen LogP contribution in [-0.2, 0) is 14.3 Å². The van der Waals surface area contributed by atoms with Crippen molar-refractivity contribution >= 4 is 17.5 Å². The minimum absolute atomic E-state index is 0.00363. The zero-order chi connectivity index (χ0) is 25.2. The van der Waals surface area contributed by atoms with Crippen molar-refractivity contribution in [3.8, 4) is 0 Å². The molecule has 0 bridgehead atoms. The molecular weight excluding hydrogens is 452 g/mol. The first-order valence-corrected chi connectivity index (χ1v) is 13.7. The van der Waals surface area contributed by atoms with Crippen LogP contribution < -0.4 is 5.73 Å². The molecule has 36 heavy (non-hydrogen) atoms. The van der Waals surface area contributed by atoms with Crippen molar-refractivity contribution in [2.75, 3.05) is 32.7 Å². The third-order valence-electron chi connectivity index (χ3n) is 8.16. The third-order valence-corrected chi connectivity index (χ3v) is 8.16. The molecule has 7 nitrogen and oxygen atoms in total. The van der Waals surface area contributed by atoms with Gasteiger partial charge in [0.25, 0.3) is 5.91 Å². The fourth-order valence-electron chi connectivity index (χ4n) is 6.02. The van der Waals surface area contributed by atoms with Crippen molar-refractivity contribution in [2.24, 2.45) is 10.7 Å². The second-order valence-electron chi connectivity index (χ2n) is 11.1. The second-order valence-corrected chi connectivity index (χ2v) is 11.1. The van der Waals surface area contributed by atoms with Crippen LogP contribution in [0.4, 0.5) is 0 Å². The van der Waals surface area contributed by atoms with E-state index in [1.807, 2.05) is 18.7 Å². The summed E-state index contributed by atoms with van der Waals surface area (Å²) in [6.07, 6.45) is 7.07. The van der Waals surface area contributed by atoms with Crippen molar-refractivity contribution in [2.45, 2.75) is 82.8 Å². The van der Waals surface area contributed by atoms with Crippen LogP contribution in [0.3, 0.4) is 0 Å². The molecule has 0 spiro atoms. The first kappa shape index (κ1) is 25.0. The molecule has 2 saturated heterocycles. The van der Waals surface area contributed by atoms with Crippen molar-refractivity contribution in [3.63, 3.8) is 0 Å². The maximum absolute atomic E-state index is 13.1. The van der Waals surface area contributed by atoms with Crippen LogP contribution in [0.15, 0.2) is 40.5 Å². The van der Waals surface area contributed by atoms with E-state index in [2.05, 4.69) is 29.3 Å². The Morgan fingerprint density at radius 2 is 1.50 bits per heavy atom. The number of nitrogens with two attached hydrogens (primary N) is 1. The van der Waals surface area contributed by atoms with E-state index in [9.17, 15) is 9.59 Å². The van der Waals surface area contributed by atoms with Gasteiger partial charge in [0.05, 0.1) is 12.2 Å². The van der Waals surface area contributed by atoms with Gasteiger partial charge in [-0.1, -0.05) is 24.3 Å². The van der Waals surface area contributed by atoms with Gasteiger partial charge < -0.3 is 20.3 Å². The van der Waals surface area contributed by atoms with Gasteiger partial charge in [-0.25, -0.2) is 0 Å². The van der Waals surface area contributed by atoms with E-state index in [-0.39, 0.29) is 36.3 Å². The Morgan fingerprint density at radius 1 is 0.917 bits per heavy atom. The number of piperidine rings is 1. The number of benzene rings is 1. The molecule has 0 aromatic heterocycles. The molecule has 0 unspecified atom stereocenters. The SMILES string of the molecule is C[C@@H]1CN(C(=O)/C(N)=C2\CCCC2=NCC(=O)N2CCC(c3ccc(C4CC4)cc3)CC2)C[C@H](C)O1. The van der Waals surface area contributed by atoms with Crippen LogP contribution >= 0.6 is 0 Å². The number of ether oxygens (including phenoxy) is 1. The zero-order valence-electron chi connectivity index (χ0n) is 21.7. The van der Waals surface area contributed by atoms with Crippen LogP contribution in [0.2, 0.25) is 0 Å². The summed E-state index contributed by atoms with van der Waals surface area (Å²) in [4.78, 5) is 34.4. The number of morpholine rings is 1. The largest absolute Gasteiger partial charge is 0.394 e. The van der Waals surface area contributed by atoms with Crippen molar-refractivity contribution in [1.29, 1.82) is 0 Å². The van der Waals surface area contributed by atoms with E-state index >= 15 is 0 Å². The standard InChI is InChI=1S/C29H40N4O3/c1-19-17-33(18-20(2)36-19)29(35)28(30)25-4-3-5-26(25)31-16-27(34)32-14-12-24(13-15-32)23-10-8-22(9-11-23)21-6-7-21/h8-11,19-21,24H,3-7,12-18,30H2,1-2H3/b28-25-,31-26?/t19-,20+. The Balaban J connectivity index is 1.16. The first-order valence-electron chi connectivity index (χ1n) is 13.7. The van der Waals surface area contributed by atoms with Gasteiger partial charge in [0.1, 0.15) is 12.2 Å². The third kappa shape index (κ3) is 5.66. The zero-order valence-corrected chi connectivity index (χ0v) is 21.7. The minimum Gasteiger partial charge on any atom is -0.394 e. The lowest BCUT2D eigenvalue weighted by Gasteiger charge is -2.35. The van der Waals surface area contributed by atoms with Gasteiger partial charge in [0.15, 0.2) is 0 Å². The number of hydrogen-bond acceptors (Lipinski definition) is 5. The number of allylic oxidation sites excluding steroid dienone is 1. The van der Waals surface area contributed by atoms with E-state index < -0.39 is 0 Å². The fraction of sp³-hybridized carbons (Fsp3) is 0.621. The topological polar surface area (TPSA) is 88.2 Å². The van der Waals surface area contributed by atoms with Gasteiger partial charge in [0.2, 0.25) is 5.91 Å². The number of carbonyl (C=O) groups is 2. The molecule has 0 radical (unpaired) electrons. The highest BCUT2D eigenvalue weighted by molar-refractivity contribution is 6.09. The van der Waals surface area contributed by atoms with Gasteiger partial charge in [0, 0.05) is 37.5 Å². The lowest BCUT2D eigenvalue weighted by atomic mass is 9.88. The molecule has 2 heterocycles. The van der Waals surface area contributed by atoms with Crippen LogP contribution in [0.5, 0.6) is 0 Å². The Kier molecular flexibility index (Phi) is 7.47. The molecule has 2 aliphatic heterocycles. The maximum Gasteiger partial charge on any atom is 0.270 e. The molecule has 2 aliphatic carbocycles. The van der Waals surface area contributed by atoms with E-state index in [0.29, 0.717) is 19.0 Å². The van der Waals surface area contributed by atoms with Gasteiger partial charge in [-0.15, -0.1) is 0 Å². The molecule has 5 rings (SSSR count). The van der Waals surface area contributed by atoms with Crippen LogP contribution in [0, 0.1) is 0 Å². The average molecular weight is 493 g/mol. The van der Waals surface area contributed by atoms with Gasteiger partial charge >= 0.3 is 0 Å². The predicted octanol–water partition coefficient (Wildman–Crippen LogP) is 3.74. The minimum atomic E-state index is -0.139. The van der Waals surface area contributed by atoms with Crippen molar-refractivity contribution < 1.29 is 14.3 Å². The van der Waals surface area contributed by atoms with Gasteiger partial charge in [-0.2, -0.15) is 0 Å². The predicted molar refractivity (Wildman–Crippen MR) is 141 cm³/mol. The summed E-state index contributed by atoms with van der Waals surface area (Å²) in [6.45, 7) is 6.71. The summed E-state index contributed by atoms with van der Waals surface area (Å²) >= 11 is 0. The summed E-state index contributed by atoms with van der Waals surface area (Å²) in [7, 11) is 0. The molecule has 194 valence electrons. The normalized spacial score (nSPS) is 28.0. The number of amides is 2. The molecule has 1 aromatic carbocycles. The first-order chi connectivity index (χ1) is 17.4. The second kappa shape index (κ2) is 10.8. The summed E-state index contributed by atoms with van der Waals surface area (Å²) in [5.41, 5.74) is 11.2. The van der Waals surface area contributed by atoms with Crippen molar-refractivity contribution in [1.82, 2.24) is 9.80 Å². The summed E-state index contributed by atoms with van der Waals surface area (Å²) in [6, 6.07) is 9.17. The Hall–Kier alpha value is -2.67. The summed E-state index contributed by atoms with van der Waals surface area (Å²) in [5, 5.41) is 0. The highest BCUT2D eigenvalue weighted by Gasteiger charge is 2.31.